The van der Waals surface area contributed by atoms with Crippen molar-refractivity contribution in [2.24, 2.45) is 0 Å². The van der Waals surface area contributed by atoms with Crippen molar-refractivity contribution in [3.05, 3.63) is 60.2 Å². The summed E-state index contributed by atoms with van der Waals surface area (Å²) in [5.41, 5.74) is 2.55. The molecule has 18 heavy (non-hydrogen) atoms. The van der Waals surface area contributed by atoms with Crippen LogP contribution in [-0.2, 0) is 6.54 Å². The van der Waals surface area contributed by atoms with E-state index in [1.165, 1.54) is 11.3 Å². The predicted octanol–water partition coefficient (Wildman–Crippen LogP) is 3.72. The van der Waals surface area contributed by atoms with Crippen LogP contribution in [0.25, 0.3) is 0 Å². The molecule has 0 bridgehead atoms. The molecular formula is C16H19NO. The van der Waals surface area contributed by atoms with Gasteiger partial charge in [-0.3, -0.25) is 0 Å². The Kier molecular flexibility index (Phi) is 4.24. The lowest BCUT2D eigenvalue weighted by molar-refractivity contribution is 0.415. The fourth-order valence-electron chi connectivity index (χ4n) is 1.98. The molecule has 0 aliphatic rings. The molecule has 2 rings (SSSR count). The number of benzene rings is 2. The van der Waals surface area contributed by atoms with E-state index in [2.05, 4.69) is 48.2 Å². The van der Waals surface area contributed by atoms with Crippen LogP contribution in [0.5, 0.6) is 5.75 Å². The van der Waals surface area contributed by atoms with Crippen LogP contribution in [0.2, 0.25) is 0 Å². The molecule has 0 spiro atoms. The van der Waals surface area contributed by atoms with E-state index in [1.54, 1.807) is 7.11 Å². The van der Waals surface area contributed by atoms with Gasteiger partial charge in [-0.25, -0.2) is 0 Å². The van der Waals surface area contributed by atoms with E-state index in [0.717, 1.165) is 18.8 Å². The van der Waals surface area contributed by atoms with Gasteiger partial charge >= 0.3 is 0 Å². The van der Waals surface area contributed by atoms with Crippen LogP contribution in [0.3, 0.4) is 0 Å². The molecule has 0 aliphatic heterocycles. The van der Waals surface area contributed by atoms with E-state index in [4.69, 9.17) is 4.74 Å². The second-order valence-electron chi connectivity index (χ2n) is 4.20. The van der Waals surface area contributed by atoms with Crippen molar-refractivity contribution in [2.45, 2.75) is 13.5 Å². The molecular weight excluding hydrogens is 222 g/mol. The largest absolute Gasteiger partial charge is 0.497 e. The molecule has 0 saturated carbocycles. The normalized spacial score (nSPS) is 10.1. The molecule has 2 aromatic rings. The summed E-state index contributed by atoms with van der Waals surface area (Å²) in [4.78, 5) is 2.34. The van der Waals surface area contributed by atoms with Crippen LogP contribution in [-0.4, -0.2) is 13.7 Å². The first kappa shape index (κ1) is 12.5. The average Bonchev–Trinajstić information content (AvgIpc) is 2.46. The van der Waals surface area contributed by atoms with Gasteiger partial charge in [-0.15, -0.1) is 0 Å². The molecule has 2 aromatic carbocycles. The van der Waals surface area contributed by atoms with Gasteiger partial charge in [0.2, 0.25) is 0 Å². The number of methoxy groups -OCH3 is 1. The summed E-state index contributed by atoms with van der Waals surface area (Å²) in [6.07, 6.45) is 0. The first-order valence-corrected chi connectivity index (χ1v) is 6.26. The molecule has 0 atom stereocenters. The highest BCUT2D eigenvalue weighted by Gasteiger charge is 2.05. The van der Waals surface area contributed by atoms with E-state index >= 15 is 0 Å². The fraction of sp³-hybridized carbons (Fsp3) is 0.250. The van der Waals surface area contributed by atoms with Crippen LogP contribution in [0.1, 0.15) is 12.5 Å². The van der Waals surface area contributed by atoms with Crippen molar-refractivity contribution >= 4 is 5.69 Å². The second-order valence-corrected chi connectivity index (χ2v) is 4.20. The van der Waals surface area contributed by atoms with E-state index in [9.17, 15) is 0 Å². The quantitative estimate of drug-likeness (QED) is 0.791. The summed E-state index contributed by atoms with van der Waals surface area (Å²) in [6, 6.07) is 18.7. The Hall–Kier alpha value is -1.96. The van der Waals surface area contributed by atoms with Gasteiger partial charge in [-0.05, 0) is 36.8 Å². The first-order chi connectivity index (χ1) is 8.83. The van der Waals surface area contributed by atoms with Gasteiger partial charge in [0.05, 0.1) is 7.11 Å². The summed E-state index contributed by atoms with van der Waals surface area (Å²) in [7, 11) is 1.69. The van der Waals surface area contributed by atoms with Gasteiger partial charge in [0, 0.05) is 18.8 Å². The maximum Gasteiger partial charge on any atom is 0.119 e. The second kappa shape index (κ2) is 6.10. The summed E-state index contributed by atoms with van der Waals surface area (Å²) < 4.78 is 5.18. The third-order valence-corrected chi connectivity index (χ3v) is 3.04. The number of rotatable bonds is 5. The van der Waals surface area contributed by atoms with Crippen molar-refractivity contribution in [3.8, 4) is 5.75 Å². The highest BCUT2D eigenvalue weighted by molar-refractivity contribution is 5.49. The highest BCUT2D eigenvalue weighted by Crippen LogP contribution is 2.20. The Labute approximate surface area is 109 Å². The smallest absolute Gasteiger partial charge is 0.119 e. The number of ether oxygens (including phenoxy) is 1. The Morgan fingerprint density at radius 3 is 2.17 bits per heavy atom. The van der Waals surface area contributed by atoms with Gasteiger partial charge in [-0.2, -0.15) is 0 Å². The lowest BCUT2D eigenvalue weighted by Gasteiger charge is -2.23. The first-order valence-electron chi connectivity index (χ1n) is 6.26. The zero-order chi connectivity index (χ0) is 12.8. The van der Waals surface area contributed by atoms with Gasteiger partial charge in [0.15, 0.2) is 0 Å². The molecule has 0 fully saturated rings. The molecule has 0 saturated heterocycles. The van der Waals surface area contributed by atoms with Crippen molar-refractivity contribution in [1.29, 1.82) is 0 Å². The van der Waals surface area contributed by atoms with Gasteiger partial charge in [0.1, 0.15) is 5.75 Å². The van der Waals surface area contributed by atoms with Crippen molar-refractivity contribution in [1.82, 2.24) is 0 Å². The van der Waals surface area contributed by atoms with E-state index < -0.39 is 0 Å². The summed E-state index contributed by atoms with van der Waals surface area (Å²) in [5, 5.41) is 0. The minimum absolute atomic E-state index is 0.898. The number of nitrogens with zero attached hydrogens (tertiary/aromatic N) is 1. The van der Waals surface area contributed by atoms with E-state index in [1.807, 2.05) is 18.2 Å². The van der Waals surface area contributed by atoms with Gasteiger partial charge < -0.3 is 9.64 Å². The third-order valence-electron chi connectivity index (χ3n) is 3.04. The third kappa shape index (κ3) is 3.04. The van der Waals surface area contributed by atoms with Gasteiger partial charge in [0.25, 0.3) is 0 Å². The molecule has 0 aromatic heterocycles. The van der Waals surface area contributed by atoms with Crippen LogP contribution in [0.15, 0.2) is 54.6 Å². The average molecular weight is 241 g/mol. The maximum absolute atomic E-state index is 5.18. The standard InChI is InChI=1S/C16H19NO/c1-3-17(13-14-7-5-4-6-8-14)15-9-11-16(18-2)12-10-15/h4-12H,3,13H2,1-2H3. The van der Waals surface area contributed by atoms with Crippen LogP contribution in [0.4, 0.5) is 5.69 Å². The minimum atomic E-state index is 0.898. The number of hydrogen-bond acceptors (Lipinski definition) is 2. The lowest BCUT2D eigenvalue weighted by Crippen LogP contribution is -2.21. The molecule has 0 unspecified atom stereocenters. The van der Waals surface area contributed by atoms with Crippen molar-refractivity contribution < 1.29 is 4.74 Å². The zero-order valence-corrected chi connectivity index (χ0v) is 11.0. The lowest BCUT2D eigenvalue weighted by atomic mass is 10.2. The molecule has 0 heterocycles. The molecule has 2 heteroatoms. The van der Waals surface area contributed by atoms with Crippen LogP contribution in [0, 0.1) is 0 Å². The molecule has 0 amide bonds. The van der Waals surface area contributed by atoms with Gasteiger partial charge in [-0.1, -0.05) is 30.3 Å². The van der Waals surface area contributed by atoms with Crippen LogP contribution >= 0.6 is 0 Å². The van der Waals surface area contributed by atoms with E-state index in [0.29, 0.717) is 0 Å². The molecule has 94 valence electrons. The van der Waals surface area contributed by atoms with Crippen molar-refractivity contribution in [3.63, 3.8) is 0 Å². The topological polar surface area (TPSA) is 12.5 Å². The number of hydrogen-bond donors (Lipinski definition) is 0. The zero-order valence-electron chi connectivity index (χ0n) is 11.0. The maximum atomic E-state index is 5.18. The summed E-state index contributed by atoms with van der Waals surface area (Å²) in [5.74, 6) is 0.898. The number of anilines is 1. The minimum Gasteiger partial charge on any atom is -0.497 e. The molecule has 0 aliphatic carbocycles. The Bertz CT molecular complexity index is 464. The Balaban J connectivity index is 2.12. The summed E-state index contributed by atoms with van der Waals surface area (Å²) in [6.45, 7) is 4.10. The molecule has 2 nitrogen and oxygen atoms in total. The SMILES string of the molecule is CCN(Cc1ccccc1)c1ccc(OC)cc1. The Morgan fingerprint density at radius 2 is 1.61 bits per heavy atom. The Morgan fingerprint density at radius 1 is 0.944 bits per heavy atom. The van der Waals surface area contributed by atoms with E-state index in [-0.39, 0.29) is 0 Å². The monoisotopic (exact) mass is 241 g/mol. The van der Waals surface area contributed by atoms with Crippen molar-refractivity contribution in [2.75, 3.05) is 18.6 Å². The fourth-order valence-corrected chi connectivity index (χ4v) is 1.98. The van der Waals surface area contributed by atoms with Crippen LogP contribution < -0.4 is 9.64 Å². The summed E-state index contributed by atoms with van der Waals surface area (Å²) >= 11 is 0. The highest BCUT2D eigenvalue weighted by atomic mass is 16.5. The predicted molar refractivity (Wildman–Crippen MR) is 76.2 cm³/mol. The molecule has 0 N–H and O–H groups in total. The molecule has 0 radical (unpaired) electrons.